The summed E-state index contributed by atoms with van der Waals surface area (Å²) in [6, 6.07) is 4.45. The van der Waals surface area contributed by atoms with Crippen molar-refractivity contribution in [1.29, 1.82) is 0 Å². The van der Waals surface area contributed by atoms with Gasteiger partial charge in [0.15, 0.2) is 0 Å². The van der Waals surface area contributed by atoms with Gasteiger partial charge in [-0.05, 0) is 12.1 Å². The van der Waals surface area contributed by atoms with Crippen molar-refractivity contribution in [3.05, 3.63) is 35.4 Å². The molecule has 0 aromatic heterocycles. The van der Waals surface area contributed by atoms with E-state index in [1.54, 1.807) is 22.6 Å². The van der Waals surface area contributed by atoms with Crippen LogP contribution in [0.25, 0.3) is 0 Å². The number of ether oxygens (including phenoxy) is 1. The summed E-state index contributed by atoms with van der Waals surface area (Å²) in [5.41, 5.74) is -1.49. The third-order valence-corrected chi connectivity index (χ3v) is 3.32. The molecule has 0 heterocycles. The second-order valence-corrected chi connectivity index (χ2v) is 5.25. The largest absolute Gasteiger partial charge is 0.468 e. The Morgan fingerprint density at radius 1 is 1.35 bits per heavy atom. The summed E-state index contributed by atoms with van der Waals surface area (Å²) in [7, 11) is 1.19. The van der Waals surface area contributed by atoms with Crippen LogP contribution in [0, 0.1) is 0 Å². The molecular formula is C12H11F3INO3. The quantitative estimate of drug-likeness (QED) is 0.479. The number of methoxy groups -OCH3 is 1. The molecule has 1 rings (SSSR count). The smallest absolute Gasteiger partial charge is 0.417 e. The van der Waals surface area contributed by atoms with Gasteiger partial charge in [0.1, 0.15) is 3.92 Å². The summed E-state index contributed by atoms with van der Waals surface area (Å²) in [5.74, 6) is -1.45. The van der Waals surface area contributed by atoms with Crippen molar-refractivity contribution >= 4 is 34.5 Å². The van der Waals surface area contributed by atoms with Crippen molar-refractivity contribution in [1.82, 2.24) is 5.32 Å². The molecule has 1 unspecified atom stereocenters. The van der Waals surface area contributed by atoms with Crippen molar-refractivity contribution < 1.29 is 27.5 Å². The molecule has 1 amide bonds. The summed E-state index contributed by atoms with van der Waals surface area (Å²) in [4.78, 5) is 22.9. The average Bonchev–Trinajstić information content (AvgIpc) is 2.42. The minimum atomic E-state index is -4.61. The third-order valence-electron chi connectivity index (χ3n) is 2.38. The third kappa shape index (κ3) is 4.36. The lowest BCUT2D eigenvalue weighted by Crippen LogP contribution is -2.34. The zero-order chi connectivity index (χ0) is 15.3. The Bertz CT molecular complexity index is 505. The zero-order valence-electron chi connectivity index (χ0n) is 10.3. The first-order valence-corrected chi connectivity index (χ1v) is 6.68. The molecule has 0 fully saturated rings. The fraction of sp³-hybridized carbons (Fsp3) is 0.333. The first-order valence-electron chi connectivity index (χ1n) is 5.43. The van der Waals surface area contributed by atoms with E-state index in [0.717, 1.165) is 12.1 Å². The molecule has 0 bridgehead atoms. The summed E-state index contributed by atoms with van der Waals surface area (Å²) >= 11 is 1.73. The Morgan fingerprint density at radius 2 is 1.95 bits per heavy atom. The number of amides is 1. The number of esters is 1. The fourth-order valence-electron chi connectivity index (χ4n) is 1.42. The maximum atomic E-state index is 12.7. The van der Waals surface area contributed by atoms with Gasteiger partial charge in [-0.25, -0.2) is 0 Å². The lowest BCUT2D eigenvalue weighted by Gasteiger charge is -2.13. The highest BCUT2D eigenvalue weighted by atomic mass is 127. The molecule has 20 heavy (non-hydrogen) atoms. The molecule has 1 aromatic rings. The van der Waals surface area contributed by atoms with E-state index >= 15 is 0 Å². The molecule has 0 radical (unpaired) electrons. The molecule has 0 saturated heterocycles. The van der Waals surface area contributed by atoms with Crippen LogP contribution < -0.4 is 5.32 Å². The highest BCUT2D eigenvalue weighted by Gasteiger charge is 2.34. The van der Waals surface area contributed by atoms with Gasteiger partial charge in [0.2, 0.25) is 0 Å². The van der Waals surface area contributed by atoms with Gasteiger partial charge in [-0.3, -0.25) is 9.59 Å². The Morgan fingerprint density at radius 3 is 2.50 bits per heavy atom. The number of halogens is 4. The van der Waals surface area contributed by atoms with Crippen LogP contribution in [-0.2, 0) is 15.7 Å². The van der Waals surface area contributed by atoms with Crippen LogP contribution in [0.1, 0.15) is 15.9 Å². The van der Waals surface area contributed by atoms with Crippen LogP contribution in [0.3, 0.4) is 0 Å². The number of nitrogens with one attached hydrogen (secondary N) is 1. The highest BCUT2D eigenvalue weighted by Crippen LogP contribution is 2.31. The van der Waals surface area contributed by atoms with Gasteiger partial charge in [-0.15, -0.1) is 0 Å². The topological polar surface area (TPSA) is 55.4 Å². The Balaban J connectivity index is 2.81. The summed E-state index contributed by atoms with van der Waals surface area (Å²) in [6.07, 6.45) is -4.61. The Hall–Kier alpha value is -1.32. The number of benzene rings is 1. The van der Waals surface area contributed by atoms with E-state index in [0.29, 0.717) is 0 Å². The van der Waals surface area contributed by atoms with Crippen LogP contribution in [0.4, 0.5) is 13.2 Å². The fourth-order valence-corrected chi connectivity index (χ4v) is 1.89. The minimum absolute atomic E-state index is 0.113. The second kappa shape index (κ2) is 6.91. The van der Waals surface area contributed by atoms with E-state index < -0.39 is 33.1 Å². The van der Waals surface area contributed by atoms with Crippen LogP contribution >= 0.6 is 22.6 Å². The van der Waals surface area contributed by atoms with Crippen molar-refractivity contribution in [3.63, 3.8) is 0 Å². The number of hydrogen-bond acceptors (Lipinski definition) is 3. The highest BCUT2D eigenvalue weighted by molar-refractivity contribution is 14.1. The Labute approximate surface area is 126 Å². The Kier molecular flexibility index (Phi) is 5.78. The second-order valence-electron chi connectivity index (χ2n) is 3.74. The zero-order valence-corrected chi connectivity index (χ0v) is 12.5. The van der Waals surface area contributed by atoms with Crippen LogP contribution in [0.15, 0.2) is 24.3 Å². The standard InChI is InChI=1S/C12H11F3INO3/c1-20-11(19)9(16)6-17-10(18)7-4-2-3-5-8(7)12(13,14)15/h2-5,9H,6H2,1H3,(H,17,18). The maximum absolute atomic E-state index is 12.7. The molecule has 0 aliphatic rings. The molecule has 0 saturated carbocycles. The molecule has 110 valence electrons. The normalized spacial score (nSPS) is 12.7. The molecule has 0 spiro atoms. The van der Waals surface area contributed by atoms with Gasteiger partial charge in [-0.1, -0.05) is 34.7 Å². The van der Waals surface area contributed by atoms with Crippen LogP contribution in [0.5, 0.6) is 0 Å². The minimum Gasteiger partial charge on any atom is -0.468 e. The van der Waals surface area contributed by atoms with Crippen molar-refractivity contribution in [2.75, 3.05) is 13.7 Å². The van der Waals surface area contributed by atoms with Crippen molar-refractivity contribution in [2.45, 2.75) is 10.1 Å². The van der Waals surface area contributed by atoms with Crippen LogP contribution in [0.2, 0.25) is 0 Å². The van der Waals surface area contributed by atoms with E-state index in [1.807, 2.05) is 0 Å². The van der Waals surface area contributed by atoms with Gasteiger partial charge >= 0.3 is 12.1 Å². The maximum Gasteiger partial charge on any atom is 0.417 e. The van der Waals surface area contributed by atoms with Crippen molar-refractivity contribution in [3.8, 4) is 0 Å². The van der Waals surface area contributed by atoms with Crippen LogP contribution in [-0.4, -0.2) is 29.5 Å². The van der Waals surface area contributed by atoms with Gasteiger partial charge < -0.3 is 10.1 Å². The molecular weight excluding hydrogens is 390 g/mol. The van der Waals surface area contributed by atoms with E-state index in [1.165, 1.54) is 19.2 Å². The molecule has 0 aliphatic heterocycles. The average molecular weight is 401 g/mol. The number of carbonyl (C=O) groups excluding carboxylic acids is 2. The first-order chi connectivity index (χ1) is 9.27. The summed E-state index contributed by atoms with van der Waals surface area (Å²) in [5, 5.41) is 2.28. The summed E-state index contributed by atoms with van der Waals surface area (Å²) in [6.45, 7) is -0.113. The molecule has 4 nitrogen and oxygen atoms in total. The predicted octanol–water partition coefficient (Wildman–Crippen LogP) is 2.41. The molecule has 1 aromatic carbocycles. The van der Waals surface area contributed by atoms with Gasteiger partial charge in [0, 0.05) is 6.54 Å². The first kappa shape index (κ1) is 16.7. The van der Waals surface area contributed by atoms with Gasteiger partial charge in [-0.2, -0.15) is 13.2 Å². The van der Waals surface area contributed by atoms with Crippen molar-refractivity contribution in [2.24, 2.45) is 0 Å². The number of hydrogen-bond donors (Lipinski definition) is 1. The van der Waals surface area contributed by atoms with Gasteiger partial charge in [0.05, 0.1) is 18.2 Å². The van der Waals surface area contributed by atoms with E-state index in [-0.39, 0.29) is 6.54 Å². The molecule has 1 atom stereocenters. The number of carbonyl (C=O) groups is 2. The van der Waals surface area contributed by atoms with Gasteiger partial charge in [0.25, 0.3) is 5.91 Å². The molecule has 0 aliphatic carbocycles. The number of alkyl halides is 4. The SMILES string of the molecule is COC(=O)C(I)CNC(=O)c1ccccc1C(F)(F)F. The molecule has 1 N–H and O–H groups in total. The lowest BCUT2D eigenvalue weighted by molar-refractivity contribution is -0.139. The monoisotopic (exact) mass is 401 g/mol. The van der Waals surface area contributed by atoms with E-state index in [2.05, 4.69) is 10.1 Å². The summed E-state index contributed by atoms with van der Waals surface area (Å²) < 4.78 is 42.0. The lowest BCUT2D eigenvalue weighted by atomic mass is 10.1. The molecule has 8 heteroatoms. The van der Waals surface area contributed by atoms with E-state index in [9.17, 15) is 22.8 Å². The van der Waals surface area contributed by atoms with E-state index in [4.69, 9.17) is 0 Å². The number of rotatable bonds is 4. The predicted molar refractivity (Wildman–Crippen MR) is 73.6 cm³/mol.